The van der Waals surface area contributed by atoms with Crippen LogP contribution in [0.1, 0.15) is 19.8 Å². The predicted octanol–water partition coefficient (Wildman–Crippen LogP) is 1.28. The van der Waals surface area contributed by atoms with Crippen molar-refractivity contribution in [2.45, 2.75) is 19.8 Å². The summed E-state index contributed by atoms with van der Waals surface area (Å²) < 4.78 is 0. The minimum Gasteiger partial charge on any atom is -0.361 e. The van der Waals surface area contributed by atoms with Crippen LogP contribution in [-0.2, 0) is 0 Å². The maximum absolute atomic E-state index is 7.29. The third kappa shape index (κ3) is 1.70. The lowest BCUT2D eigenvalue weighted by Gasteiger charge is -2.26. The van der Waals surface area contributed by atoms with E-state index in [0.29, 0.717) is 5.84 Å². The van der Waals surface area contributed by atoms with Gasteiger partial charge in [0.25, 0.3) is 0 Å². The molecule has 0 amide bonds. The smallest absolute Gasteiger partial charge is 0.0925 e. The van der Waals surface area contributed by atoms with Crippen molar-refractivity contribution >= 4 is 5.84 Å². The van der Waals surface area contributed by atoms with E-state index in [1.165, 1.54) is 12.8 Å². The third-order valence-electron chi connectivity index (χ3n) is 1.66. The molecule has 1 fully saturated rings. The van der Waals surface area contributed by atoms with Gasteiger partial charge in [-0.3, -0.25) is 5.41 Å². The number of nitrogens with zero attached hydrogens (tertiary/aromatic N) is 1. The minimum atomic E-state index is 0.700. The van der Waals surface area contributed by atoms with Crippen LogP contribution in [0.2, 0.25) is 0 Å². The van der Waals surface area contributed by atoms with Crippen LogP contribution in [0.5, 0.6) is 0 Å². The number of hydrogen-bond acceptors (Lipinski definition) is 1. The van der Waals surface area contributed by atoms with Crippen molar-refractivity contribution in [3.05, 3.63) is 6.42 Å². The topological polar surface area (TPSA) is 27.1 Å². The van der Waals surface area contributed by atoms with Gasteiger partial charge in [-0.1, -0.05) is 0 Å². The Morgan fingerprint density at radius 3 is 2.78 bits per heavy atom. The highest BCUT2D eigenvalue weighted by Crippen LogP contribution is 2.06. The van der Waals surface area contributed by atoms with Gasteiger partial charge in [-0.05, 0) is 26.2 Å². The number of rotatable bonds is 0. The fraction of sp³-hybridized carbons (Fsp3) is 0.714. The quantitative estimate of drug-likeness (QED) is 0.383. The van der Waals surface area contributed by atoms with Crippen molar-refractivity contribution in [3.8, 4) is 0 Å². The first kappa shape index (κ1) is 6.59. The molecule has 0 unspecified atom stereocenters. The molecule has 1 aliphatic heterocycles. The maximum Gasteiger partial charge on any atom is 0.0925 e. The van der Waals surface area contributed by atoms with Crippen molar-refractivity contribution in [1.29, 1.82) is 5.41 Å². The summed E-state index contributed by atoms with van der Waals surface area (Å²) in [6.07, 6.45) is 4.68. The normalized spacial score (nSPS) is 19.9. The summed E-state index contributed by atoms with van der Waals surface area (Å²) in [5.41, 5.74) is 0. The Hall–Kier alpha value is -0.530. The summed E-state index contributed by atoms with van der Waals surface area (Å²) in [4.78, 5) is 2.09. The van der Waals surface area contributed by atoms with Crippen molar-refractivity contribution in [1.82, 2.24) is 4.90 Å². The molecule has 0 aliphatic carbocycles. The zero-order chi connectivity index (χ0) is 6.69. The van der Waals surface area contributed by atoms with Crippen LogP contribution in [0.3, 0.4) is 0 Å². The second-order valence-corrected chi connectivity index (χ2v) is 2.46. The predicted molar refractivity (Wildman–Crippen MR) is 38.5 cm³/mol. The van der Waals surface area contributed by atoms with E-state index in [9.17, 15) is 0 Å². The zero-order valence-corrected chi connectivity index (χ0v) is 5.85. The summed E-state index contributed by atoms with van der Waals surface area (Å²) in [7, 11) is 0. The summed E-state index contributed by atoms with van der Waals surface area (Å²) in [6, 6.07) is 0. The summed E-state index contributed by atoms with van der Waals surface area (Å²) in [6.45, 7) is 3.90. The van der Waals surface area contributed by atoms with Crippen LogP contribution in [-0.4, -0.2) is 23.8 Å². The van der Waals surface area contributed by atoms with Gasteiger partial charge in [0.1, 0.15) is 0 Å². The summed E-state index contributed by atoms with van der Waals surface area (Å²) in [5, 5.41) is 7.29. The van der Waals surface area contributed by atoms with Crippen LogP contribution in [0.15, 0.2) is 0 Å². The highest BCUT2D eigenvalue weighted by atomic mass is 15.2. The highest BCUT2D eigenvalue weighted by Gasteiger charge is 2.08. The van der Waals surface area contributed by atoms with Crippen molar-refractivity contribution in [3.63, 3.8) is 0 Å². The molecule has 0 bridgehead atoms. The van der Waals surface area contributed by atoms with E-state index in [1.807, 2.05) is 6.92 Å². The molecule has 0 atom stereocenters. The molecule has 1 radical (unpaired) electrons. The molecular weight excluding hydrogens is 112 g/mol. The second kappa shape index (κ2) is 2.85. The first-order valence-corrected chi connectivity index (χ1v) is 3.42. The molecule has 2 heteroatoms. The average molecular weight is 125 g/mol. The fourth-order valence-corrected chi connectivity index (χ4v) is 1.07. The van der Waals surface area contributed by atoms with Gasteiger partial charge >= 0.3 is 0 Å². The first-order chi connectivity index (χ1) is 4.30. The van der Waals surface area contributed by atoms with Crippen LogP contribution >= 0.6 is 0 Å². The van der Waals surface area contributed by atoms with Crippen molar-refractivity contribution in [2.24, 2.45) is 0 Å². The molecule has 1 saturated heterocycles. The molecule has 51 valence electrons. The van der Waals surface area contributed by atoms with Crippen molar-refractivity contribution in [2.75, 3.05) is 13.1 Å². The Morgan fingerprint density at radius 1 is 1.67 bits per heavy atom. The highest BCUT2D eigenvalue weighted by molar-refractivity contribution is 5.76. The van der Waals surface area contributed by atoms with E-state index in [0.717, 1.165) is 13.1 Å². The SMILES string of the molecule is CC(=N)N1C[CH]CCC1. The number of amidine groups is 1. The lowest BCUT2D eigenvalue weighted by atomic mass is 10.1. The molecule has 1 N–H and O–H groups in total. The van der Waals surface area contributed by atoms with E-state index >= 15 is 0 Å². The van der Waals surface area contributed by atoms with Crippen LogP contribution in [0.25, 0.3) is 0 Å². The van der Waals surface area contributed by atoms with Gasteiger partial charge in [0.05, 0.1) is 5.84 Å². The molecule has 1 aliphatic rings. The van der Waals surface area contributed by atoms with E-state index < -0.39 is 0 Å². The number of piperidine rings is 1. The molecule has 0 aromatic rings. The number of hydrogen-bond donors (Lipinski definition) is 1. The zero-order valence-electron chi connectivity index (χ0n) is 5.85. The van der Waals surface area contributed by atoms with Gasteiger partial charge in [-0.25, -0.2) is 0 Å². The first-order valence-electron chi connectivity index (χ1n) is 3.42. The maximum atomic E-state index is 7.29. The van der Waals surface area contributed by atoms with Gasteiger partial charge in [-0.15, -0.1) is 0 Å². The monoisotopic (exact) mass is 125 g/mol. The minimum absolute atomic E-state index is 0.700. The molecule has 1 heterocycles. The Kier molecular flexibility index (Phi) is 2.09. The molecule has 0 saturated carbocycles. The molecule has 0 aromatic heterocycles. The number of nitrogens with one attached hydrogen (secondary N) is 1. The van der Waals surface area contributed by atoms with E-state index in [2.05, 4.69) is 11.3 Å². The van der Waals surface area contributed by atoms with Gasteiger partial charge in [0.2, 0.25) is 0 Å². The second-order valence-electron chi connectivity index (χ2n) is 2.46. The Bertz CT molecular complexity index is 103. The van der Waals surface area contributed by atoms with E-state index in [4.69, 9.17) is 5.41 Å². The fourth-order valence-electron chi connectivity index (χ4n) is 1.07. The Labute approximate surface area is 56.4 Å². The Balaban J connectivity index is 2.31. The number of likely N-dealkylation sites (tertiary alicyclic amines) is 1. The molecule has 2 nitrogen and oxygen atoms in total. The van der Waals surface area contributed by atoms with Gasteiger partial charge in [-0.2, -0.15) is 0 Å². The molecule has 0 aromatic carbocycles. The largest absolute Gasteiger partial charge is 0.361 e. The van der Waals surface area contributed by atoms with Gasteiger partial charge in [0.15, 0.2) is 0 Å². The molecule has 1 rings (SSSR count). The lowest BCUT2D eigenvalue weighted by molar-refractivity contribution is 0.389. The van der Waals surface area contributed by atoms with Crippen LogP contribution in [0, 0.1) is 11.8 Å². The third-order valence-corrected chi connectivity index (χ3v) is 1.66. The van der Waals surface area contributed by atoms with E-state index in [1.54, 1.807) is 0 Å². The molecular formula is C7H13N2. The Morgan fingerprint density at radius 2 is 2.44 bits per heavy atom. The average Bonchev–Trinajstić information content (AvgIpc) is 1.90. The van der Waals surface area contributed by atoms with Crippen molar-refractivity contribution < 1.29 is 0 Å². The van der Waals surface area contributed by atoms with Crippen LogP contribution in [0.4, 0.5) is 0 Å². The van der Waals surface area contributed by atoms with Gasteiger partial charge < -0.3 is 4.90 Å². The lowest BCUT2D eigenvalue weighted by Crippen LogP contribution is -2.33. The molecule has 9 heavy (non-hydrogen) atoms. The standard InChI is InChI=1S/C7H13N2/c1-7(8)9-5-3-2-4-6-9/h3,8H,2,4-6H2,1H3. The van der Waals surface area contributed by atoms with E-state index in [-0.39, 0.29) is 0 Å². The van der Waals surface area contributed by atoms with Gasteiger partial charge in [0, 0.05) is 13.1 Å². The summed E-state index contributed by atoms with van der Waals surface area (Å²) in [5.74, 6) is 0.700. The molecule has 0 spiro atoms. The van der Waals surface area contributed by atoms with Crippen LogP contribution < -0.4 is 0 Å². The summed E-state index contributed by atoms with van der Waals surface area (Å²) >= 11 is 0.